The molecule has 36 heavy (non-hydrogen) atoms. The zero-order valence-electron chi connectivity index (χ0n) is 21.9. The van der Waals surface area contributed by atoms with Crippen LogP contribution in [0.2, 0.25) is 0 Å². The van der Waals surface area contributed by atoms with Gasteiger partial charge in [-0.2, -0.15) is 0 Å². The lowest BCUT2D eigenvalue weighted by Gasteiger charge is -2.32. The first-order chi connectivity index (χ1) is 17.1. The minimum absolute atomic E-state index is 0.00407. The molecule has 2 rings (SSSR count). The number of rotatable bonds is 14. The Hall–Kier alpha value is -3.07. The zero-order valence-corrected chi connectivity index (χ0v) is 22.8. The van der Waals surface area contributed by atoms with Gasteiger partial charge in [0.2, 0.25) is 21.8 Å². The lowest BCUT2D eigenvalue weighted by atomic mass is 10.1. The van der Waals surface area contributed by atoms with Crippen molar-refractivity contribution in [1.29, 1.82) is 0 Å². The Morgan fingerprint density at radius 2 is 1.64 bits per heavy atom. The summed E-state index contributed by atoms with van der Waals surface area (Å²) in [7, 11) is -2.12. The average molecular weight is 518 g/mol. The van der Waals surface area contributed by atoms with Crippen molar-refractivity contribution < 1.29 is 22.7 Å². The second-order valence-electron chi connectivity index (χ2n) is 8.86. The highest BCUT2D eigenvalue weighted by molar-refractivity contribution is 7.92. The second-order valence-corrected chi connectivity index (χ2v) is 10.8. The molecule has 9 heteroatoms. The van der Waals surface area contributed by atoms with Crippen molar-refractivity contribution in [3.8, 4) is 5.75 Å². The SMILES string of the molecule is CCC(C)NC(=O)C(CC)N(Cc1ccccc1)C(=O)CCCN(c1ccccc1OC)S(C)(=O)=O. The first-order valence-corrected chi connectivity index (χ1v) is 14.2. The highest BCUT2D eigenvalue weighted by Crippen LogP contribution is 2.29. The fraction of sp³-hybridized carbons (Fsp3) is 0.481. The van der Waals surface area contributed by atoms with Gasteiger partial charge in [0.25, 0.3) is 0 Å². The monoisotopic (exact) mass is 517 g/mol. The lowest BCUT2D eigenvalue weighted by Crippen LogP contribution is -2.50. The Morgan fingerprint density at radius 1 is 1.00 bits per heavy atom. The Bertz CT molecular complexity index is 1090. The van der Waals surface area contributed by atoms with E-state index in [0.717, 1.165) is 18.2 Å². The van der Waals surface area contributed by atoms with E-state index in [1.807, 2.05) is 51.1 Å². The third kappa shape index (κ3) is 8.26. The first kappa shape index (κ1) is 29.2. The standard InChI is InChI=1S/C27H39N3O5S/c1-6-21(3)28-27(32)23(7-2)29(20-22-14-9-8-10-15-22)26(31)18-13-19-30(36(5,33)34)24-16-11-12-17-25(24)35-4/h8-12,14-17,21,23H,6-7,13,18-20H2,1-5H3,(H,28,32). The highest BCUT2D eigenvalue weighted by atomic mass is 32.2. The molecule has 2 amide bonds. The van der Waals surface area contributed by atoms with E-state index in [4.69, 9.17) is 4.74 Å². The molecule has 0 bridgehead atoms. The van der Waals surface area contributed by atoms with Gasteiger partial charge in [0.1, 0.15) is 11.8 Å². The molecule has 0 aliphatic heterocycles. The molecule has 0 fully saturated rings. The molecule has 0 saturated carbocycles. The number of methoxy groups -OCH3 is 1. The third-order valence-electron chi connectivity index (χ3n) is 6.09. The summed E-state index contributed by atoms with van der Waals surface area (Å²) < 4.78 is 31.7. The topological polar surface area (TPSA) is 96.0 Å². The van der Waals surface area contributed by atoms with Crippen LogP contribution in [0.15, 0.2) is 54.6 Å². The van der Waals surface area contributed by atoms with Crippen LogP contribution in [-0.2, 0) is 26.2 Å². The van der Waals surface area contributed by atoms with Gasteiger partial charge < -0.3 is 15.0 Å². The van der Waals surface area contributed by atoms with Gasteiger partial charge in [0, 0.05) is 25.6 Å². The minimum atomic E-state index is -3.60. The number of para-hydroxylation sites is 2. The number of anilines is 1. The van der Waals surface area contributed by atoms with Crippen LogP contribution in [0, 0.1) is 0 Å². The van der Waals surface area contributed by atoms with Gasteiger partial charge in [-0.05, 0) is 43.9 Å². The van der Waals surface area contributed by atoms with E-state index in [0.29, 0.717) is 30.8 Å². The fourth-order valence-corrected chi connectivity index (χ4v) is 4.93. The number of nitrogens with one attached hydrogen (secondary N) is 1. The molecule has 0 radical (unpaired) electrons. The largest absolute Gasteiger partial charge is 0.495 e. The van der Waals surface area contributed by atoms with Crippen molar-refractivity contribution in [1.82, 2.24) is 10.2 Å². The molecule has 2 aromatic carbocycles. The maximum absolute atomic E-state index is 13.5. The van der Waals surface area contributed by atoms with E-state index in [-0.39, 0.29) is 30.8 Å². The number of ether oxygens (including phenoxy) is 1. The minimum Gasteiger partial charge on any atom is -0.495 e. The van der Waals surface area contributed by atoms with Gasteiger partial charge in [-0.25, -0.2) is 8.42 Å². The van der Waals surface area contributed by atoms with Gasteiger partial charge >= 0.3 is 0 Å². The maximum atomic E-state index is 13.5. The van der Waals surface area contributed by atoms with Gasteiger partial charge in [-0.3, -0.25) is 13.9 Å². The summed E-state index contributed by atoms with van der Waals surface area (Å²) in [4.78, 5) is 28.1. The van der Waals surface area contributed by atoms with E-state index in [9.17, 15) is 18.0 Å². The van der Waals surface area contributed by atoms with Crippen LogP contribution >= 0.6 is 0 Å². The molecular weight excluding hydrogens is 478 g/mol. The number of nitrogens with zero attached hydrogens (tertiary/aromatic N) is 2. The van der Waals surface area contributed by atoms with Crippen LogP contribution in [-0.4, -0.2) is 57.1 Å². The third-order valence-corrected chi connectivity index (χ3v) is 7.27. The average Bonchev–Trinajstić information content (AvgIpc) is 2.86. The summed E-state index contributed by atoms with van der Waals surface area (Å²) in [6.45, 7) is 6.23. The molecule has 0 aromatic heterocycles. The van der Waals surface area contributed by atoms with Gasteiger partial charge in [0.15, 0.2) is 0 Å². The fourth-order valence-electron chi connectivity index (χ4n) is 3.96. The highest BCUT2D eigenvalue weighted by Gasteiger charge is 2.29. The summed E-state index contributed by atoms with van der Waals surface area (Å²) in [5, 5.41) is 3.00. The van der Waals surface area contributed by atoms with Crippen LogP contribution < -0.4 is 14.4 Å². The van der Waals surface area contributed by atoms with E-state index < -0.39 is 16.1 Å². The number of hydrogen-bond acceptors (Lipinski definition) is 5. The molecule has 198 valence electrons. The molecule has 8 nitrogen and oxygen atoms in total. The lowest BCUT2D eigenvalue weighted by molar-refractivity contribution is -0.141. The van der Waals surface area contributed by atoms with Crippen LogP contribution in [0.4, 0.5) is 5.69 Å². The van der Waals surface area contributed by atoms with E-state index in [1.165, 1.54) is 11.4 Å². The Kier molecular flexibility index (Phi) is 11.2. The Balaban J connectivity index is 2.22. The molecule has 0 saturated heterocycles. The summed E-state index contributed by atoms with van der Waals surface area (Å²) in [6.07, 6.45) is 2.78. The Morgan fingerprint density at radius 3 is 2.22 bits per heavy atom. The molecule has 2 unspecified atom stereocenters. The predicted molar refractivity (Wildman–Crippen MR) is 143 cm³/mol. The van der Waals surface area contributed by atoms with Crippen molar-refractivity contribution in [2.45, 2.75) is 65.1 Å². The first-order valence-electron chi connectivity index (χ1n) is 12.4. The van der Waals surface area contributed by atoms with Crippen molar-refractivity contribution in [3.63, 3.8) is 0 Å². The summed E-state index contributed by atoms with van der Waals surface area (Å²) >= 11 is 0. The molecular formula is C27H39N3O5S. The zero-order chi connectivity index (χ0) is 26.7. The number of carbonyl (C=O) groups is 2. The molecule has 0 heterocycles. The number of carbonyl (C=O) groups excluding carboxylic acids is 2. The van der Waals surface area contributed by atoms with Gasteiger partial charge in [-0.1, -0.05) is 56.3 Å². The van der Waals surface area contributed by atoms with Crippen molar-refractivity contribution in [3.05, 3.63) is 60.2 Å². The summed E-state index contributed by atoms with van der Waals surface area (Å²) in [5.74, 6) is 0.0640. The molecule has 2 atom stereocenters. The number of sulfonamides is 1. The second kappa shape index (κ2) is 13.9. The Labute approximate surface area is 215 Å². The number of benzene rings is 2. The van der Waals surface area contributed by atoms with Gasteiger partial charge in [0.05, 0.1) is 19.1 Å². The van der Waals surface area contributed by atoms with Crippen LogP contribution in [0.25, 0.3) is 0 Å². The predicted octanol–water partition coefficient (Wildman–Crippen LogP) is 3.96. The van der Waals surface area contributed by atoms with E-state index in [1.54, 1.807) is 29.2 Å². The summed E-state index contributed by atoms with van der Waals surface area (Å²) in [6, 6.07) is 15.8. The smallest absolute Gasteiger partial charge is 0.243 e. The van der Waals surface area contributed by atoms with Crippen LogP contribution in [0.5, 0.6) is 5.75 Å². The maximum Gasteiger partial charge on any atom is 0.243 e. The number of hydrogen-bond donors (Lipinski definition) is 1. The van der Waals surface area contributed by atoms with Crippen LogP contribution in [0.1, 0.15) is 52.0 Å². The molecule has 1 N–H and O–H groups in total. The van der Waals surface area contributed by atoms with Crippen LogP contribution in [0.3, 0.4) is 0 Å². The van der Waals surface area contributed by atoms with E-state index in [2.05, 4.69) is 5.32 Å². The number of amides is 2. The van der Waals surface area contributed by atoms with Crippen molar-refractivity contribution in [2.24, 2.45) is 0 Å². The molecule has 0 aliphatic carbocycles. The quantitative estimate of drug-likeness (QED) is 0.409. The molecule has 0 aliphatic rings. The van der Waals surface area contributed by atoms with Crippen molar-refractivity contribution in [2.75, 3.05) is 24.2 Å². The van der Waals surface area contributed by atoms with E-state index >= 15 is 0 Å². The van der Waals surface area contributed by atoms with Gasteiger partial charge in [-0.15, -0.1) is 0 Å². The molecule has 2 aromatic rings. The summed E-state index contributed by atoms with van der Waals surface area (Å²) in [5.41, 5.74) is 1.35. The molecule has 0 spiro atoms. The normalized spacial score (nSPS) is 12.9. The van der Waals surface area contributed by atoms with Crippen molar-refractivity contribution >= 4 is 27.5 Å².